The smallest absolute Gasteiger partial charge is 0.222 e. The van der Waals surface area contributed by atoms with Crippen LogP contribution in [0, 0.1) is 0 Å². The van der Waals surface area contributed by atoms with Crippen LogP contribution in [0.1, 0.15) is 0 Å². The Balaban J connectivity index is 2.14. The zero-order valence-electron chi connectivity index (χ0n) is 8.89. The zero-order valence-corrected chi connectivity index (χ0v) is 8.89. The first-order valence-corrected chi connectivity index (χ1v) is 4.89. The lowest BCUT2D eigenvalue weighted by atomic mass is 10.4. The van der Waals surface area contributed by atoms with Crippen LogP contribution in [0.5, 0.6) is 0 Å². The predicted octanol–water partition coefficient (Wildman–Crippen LogP) is -1.87. The molecule has 17 heavy (non-hydrogen) atoms. The summed E-state index contributed by atoms with van der Waals surface area (Å²) >= 11 is 0. The van der Waals surface area contributed by atoms with Crippen LogP contribution in [0.15, 0.2) is 6.20 Å². The number of aliphatic hydroxyl groups excluding tert-OH is 2. The Labute approximate surface area is 95.8 Å². The Morgan fingerprint density at radius 2 is 2.18 bits per heavy atom. The number of aliphatic hydroxyl groups is 2. The van der Waals surface area contributed by atoms with Crippen LogP contribution in [-0.4, -0.2) is 54.5 Å². The van der Waals surface area contributed by atoms with Crippen LogP contribution in [0.3, 0.4) is 0 Å². The topological polar surface area (TPSA) is 132 Å². The van der Waals surface area contributed by atoms with Crippen LogP contribution in [-0.2, 0) is 11.5 Å². The van der Waals surface area contributed by atoms with Gasteiger partial charge in [-0.05, 0) is 0 Å². The van der Waals surface area contributed by atoms with Gasteiger partial charge in [-0.25, -0.2) is 9.67 Å². The molecule has 0 aromatic carbocycles. The number of ether oxygens (including phenoxy) is 1. The minimum atomic E-state index is -0.649. The third kappa shape index (κ3) is 2.46. The second-order valence-electron chi connectivity index (χ2n) is 3.31. The number of nitrogen functional groups attached to an aromatic ring is 1. The van der Waals surface area contributed by atoms with Gasteiger partial charge in [-0.15, -0.1) is 5.10 Å². The van der Waals surface area contributed by atoms with Crippen LogP contribution >= 0.6 is 0 Å². The molecule has 0 radical (unpaired) electrons. The van der Waals surface area contributed by atoms with Gasteiger partial charge in [0.2, 0.25) is 11.6 Å². The van der Waals surface area contributed by atoms with Crippen molar-refractivity contribution >= 4 is 17.1 Å². The fraction of sp³-hybridized carbons (Fsp3) is 0.500. The van der Waals surface area contributed by atoms with Crippen LogP contribution in [0.25, 0.3) is 11.2 Å². The van der Waals surface area contributed by atoms with Crippen LogP contribution in [0.2, 0.25) is 0 Å². The fourth-order valence-corrected chi connectivity index (χ4v) is 1.21. The van der Waals surface area contributed by atoms with Gasteiger partial charge in [-0.2, -0.15) is 4.98 Å². The van der Waals surface area contributed by atoms with Gasteiger partial charge in [-0.1, -0.05) is 5.21 Å². The largest absolute Gasteiger partial charge is 0.394 e. The fourth-order valence-electron chi connectivity index (χ4n) is 1.21. The number of rotatable bonds is 5. The quantitative estimate of drug-likeness (QED) is 0.553. The molecule has 9 nitrogen and oxygen atoms in total. The van der Waals surface area contributed by atoms with E-state index in [0.717, 1.165) is 0 Å². The SMILES string of the molecule is Nc1ncc2c(nnn2COC(CO)CO)n1. The summed E-state index contributed by atoms with van der Waals surface area (Å²) < 4.78 is 6.61. The van der Waals surface area contributed by atoms with Crippen molar-refractivity contribution in [3.05, 3.63) is 6.20 Å². The standard InChI is InChI=1S/C8H12N6O3/c9-8-10-1-6-7(11-8)12-13-14(6)4-17-5(2-15)3-16/h1,5,15-16H,2-4H2,(H2,9,10,11). The van der Waals surface area contributed by atoms with Crippen molar-refractivity contribution in [1.29, 1.82) is 0 Å². The van der Waals surface area contributed by atoms with Gasteiger partial charge in [0.1, 0.15) is 18.4 Å². The summed E-state index contributed by atoms with van der Waals surface area (Å²) in [4.78, 5) is 7.70. The van der Waals surface area contributed by atoms with Gasteiger partial charge < -0.3 is 20.7 Å². The van der Waals surface area contributed by atoms with E-state index in [1.165, 1.54) is 10.9 Å². The van der Waals surface area contributed by atoms with Crippen LogP contribution < -0.4 is 5.73 Å². The van der Waals surface area contributed by atoms with E-state index in [0.29, 0.717) is 11.2 Å². The lowest BCUT2D eigenvalue weighted by molar-refractivity contribution is -0.0526. The summed E-state index contributed by atoms with van der Waals surface area (Å²) in [5.74, 6) is 0.120. The Morgan fingerprint density at radius 3 is 2.88 bits per heavy atom. The molecule has 2 heterocycles. The molecule has 2 rings (SSSR count). The second-order valence-corrected chi connectivity index (χ2v) is 3.31. The summed E-state index contributed by atoms with van der Waals surface area (Å²) in [6.07, 6.45) is 0.831. The highest BCUT2D eigenvalue weighted by Gasteiger charge is 2.10. The number of anilines is 1. The normalized spacial score (nSPS) is 11.5. The molecule has 0 unspecified atom stereocenters. The highest BCUT2D eigenvalue weighted by atomic mass is 16.5. The Kier molecular flexibility index (Phi) is 3.42. The monoisotopic (exact) mass is 240 g/mol. The molecule has 0 aliphatic rings. The molecule has 2 aromatic rings. The molecule has 92 valence electrons. The van der Waals surface area contributed by atoms with E-state index in [4.69, 9.17) is 20.7 Å². The highest BCUT2D eigenvalue weighted by molar-refractivity contribution is 5.69. The Hall–Kier alpha value is -1.84. The molecule has 0 bridgehead atoms. The first-order valence-electron chi connectivity index (χ1n) is 4.89. The van der Waals surface area contributed by atoms with Gasteiger partial charge in [0.15, 0.2) is 0 Å². The maximum atomic E-state index is 8.83. The highest BCUT2D eigenvalue weighted by Crippen LogP contribution is 2.08. The minimum Gasteiger partial charge on any atom is -0.394 e. The third-order valence-corrected chi connectivity index (χ3v) is 2.13. The Bertz CT molecular complexity index is 497. The molecular weight excluding hydrogens is 228 g/mol. The molecule has 0 saturated heterocycles. The molecule has 4 N–H and O–H groups in total. The van der Waals surface area contributed by atoms with Crippen molar-refractivity contribution in [2.75, 3.05) is 18.9 Å². The van der Waals surface area contributed by atoms with E-state index < -0.39 is 6.10 Å². The number of nitrogens with two attached hydrogens (primary N) is 1. The van der Waals surface area contributed by atoms with Crippen molar-refractivity contribution in [3.63, 3.8) is 0 Å². The first kappa shape index (κ1) is 11.6. The van der Waals surface area contributed by atoms with Gasteiger partial charge in [-0.3, -0.25) is 0 Å². The van der Waals surface area contributed by atoms with Crippen molar-refractivity contribution in [1.82, 2.24) is 25.0 Å². The maximum Gasteiger partial charge on any atom is 0.222 e. The molecule has 0 fully saturated rings. The van der Waals surface area contributed by atoms with E-state index in [-0.39, 0.29) is 25.9 Å². The van der Waals surface area contributed by atoms with Gasteiger partial charge in [0, 0.05) is 0 Å². The first-order chi connectivity index (χ1) is 8.24. The maximum absolute atomic E-state index is 8.83. The summed E-state index contributed by atoms with van der Waals surface area (Å²) in [5, 5.41) is 25.2. The summed E-state index contributed by atoms with van der Waals surface area (Å²) in [7, 11) is 0. The van der Waals surface area contributed by atoms with Gasteiger partial charge >= 0.3 is 0 Å². The summed E-state index contributed by atoms with van der Waals surface area (Å²) in [5.41, 5.74) is 6.33. The average molecular weight is 240 g/mol. The van der Waals surface area contributed by atoms with Crippen molar-refractivity contribution < 1.29 is 14.9 Å². The van der Waals surface area contributed by atoms with E-state index in [1.54, 1.807) is 0 Å². The molecular formula is C8H12N6O3. The molecule has 0 aliphatic carbocycles. The van der Waals surface area contributed by atoms with E-state index in [1.807, 2.05) is 0 Å². The van der Waals surface area contributed by atoms with E-state index in [9.17, 15) is 0 Å². The average Bonchev–Trinajstić information content (AvgIpc) is 2.73. The molecule has 0 saturated carbocycles. The van der Waals surface area contributed by atoms with Gasteiger partial charge in [0.05, 0.1) is 19.4 Å². The minimum absolute atomic E-state index is 0.0373. The van der Waals surface area contributed by atoms with Crippen molar-refractivity contribution in [2.24, 2.45) is 0 Å². The third-order valence-electron chi connectivity index (χ3n) is 2.13. The molecule has 0 amide bonds. The number of fused-ring (bicyclic) bond motifs is 1. The molecule has 2 aromatic heterocycles. The number of hydrogen-bond donors (Lipinski definition) is 3. The number of aromatic nitrogens is 5. The van der Waals surface area contributed by atoms with Crippen molar-refractivity contribution in [2.45, 2.75) is 12.8 Å². The Morgan fingerprint density at radius 1 is 1.41 bits per heavy atom. The number of nitrogens with zero attached hydrogens (tertiary/aromatic N) is 5. The predicted molar refractivity (Wildman–Crippen MR) is 56.6 cm³/mol. The molecule has 9 heteroatoms. The molecule has 0 spiro atoms. The van der Waals surface area contributed by atoms with Crippen LogP contribution in [0.4, 0.5) is 5.95 Å². The van der Waals surface area contributed by atoms with Gasteiger partial charge in [0.25, 0.3) is 0 Å². The summed E-state index contributed by atoms with van der Waals surface area (Å²) in [6.45, 7) is -0.505. The molecule has 0 aliphatic heterocycles. The summed E-state index contributed by atoms with van der Waals surface area (Å²) in [6, 6.07) is 0. The molecule has 0 atom stereocenters. The lowest BCUT2D eigenvalue weighted by Gasteiger charge is -2.11. The lowest BCUT2D eigenvalue weighted by Crippen LogP contribution is -2.23. The second kappa shape index (κ2) is 4.99. The zero-order chi connectivity index (χ0) is 12.3. The number of hydrogen-bond acceptors (Lipinski definition) is 8. The van der Waals surface area contributed by atoms with E-state index in [2.05, 4.69) is 20.3 Å². The van der Waals surface area contributed by atoms with Crippen molar-refractivity contribution in [3.8, 4) is 0 Å². The van der Waals surface area contributed by atoms with E-state index >= 15 is 0 Å².